The Labute approximate surface area is 194 Å². The molecule has 0 amide bonds. The molecule has 4 heterocycles. The number of halogens is 1. The van der Waals surface area contributed by atoms with Crippen molar-refractivity contribution in [2.75, 3.05) is 36.0 Å². The first kappa shape index (κ1) is 21.4. The van der Waals surface area contributed by atoms with Gasteiger partial charge in [0.05, 0.1) is 11.4 Å². The number of piperazine rings is 1. The summed E-state index contributed by atoms with van der Waals surface area (Å²) in [5.41, 5.74) is 6.65. The van der Waals surface area contributed by atoms with Crippen molar-refractivity contribution < 1.29 is 4.39 Å². The minimum atomic E-state index is -0.175. The van der Waals surface area contributed by atoms with Gasteiger partial charge in [-0.25, -0.2) is 14.4 Å². The van der Waals surface area contributed by atoms with E-state index in [0.29, 0.717) is 11.6 Å². The van der Waals surface area contributed by atoms with Crippen LogP contribution >= 0.6 is 0 Å². The van der Waals surface area contributed by atoms with Gasteiger partial charge in [0.1, 0.15) is 17.3 Å². The number of aromatic nitrogens is 3. The SMILES string of the molecule is Cc1cc(F)c(N2CCN(c3ccc(C(C)C)cn3)CC2)cc1-c1nc2ccccn2c1C. The zero-order chi connectivity index (χ0) is 23.1. The molecule has 6 heteroatoms. The summed E-state index contributed by atoms with van der Waals surface area (Å²) in [6.07, 6.45) is 3.98. The summed E-state index contributed by atoms with van der Waals surface area (Å²) >= 11 is 0. The third-order valence-corrected chi connectivity index (χ3v) is 6.70. The summed E-state index contributed by atoms with van der Waals surface area (Å²) in [5, 5.41) is 0. The van der Waals surface area contributed by atoms with Crippen LogP contribution in [0.15, 0.2) is 54.9 Å². The predicted molar refractivity (Wildman–Crippen MR) is 133 cm³/mol. The van der Waals surface area contributed by atoms with E-state index in [1.54, 1.807) is 6.07 Å². The number of benzene rings is 1. The number of imidazole rings is 1. The summed E-state index contributed by atoms with van der Waals surface area (Å²) in [6, 6.07) is 13.9. The molecule has 1 fully saturated rings. The highest BCUT2D eigenvalue weighted by atomic mass is 19.1. The van der Waals surface area contributed by atoms with Gasteiger partial charge in [-0.3, -0.25) is 0 Å². The van der Waals surface area contributed by atoms with E-state index in [4.69, 9.17) is 4.98 Å². The minimum absolute atomic E-state index is 0.175. The van der Waals surface area contributed by atoms with Crippen LogP contribution in [-0.2, 0) is 0 Å². The average Bonchev–Trinajstić information content (AvgIpc) is 3.16. The van der Waals surface area contributed by atoms with Gasteiger partial charge in [-0.1, -0.05) is 26.0 Å². The molecule has 1 aliphatic heterocycles. The highest BCUT2D eigenvalue weighted by Crippen LogP contribution is 2.33. The molecule has 1 saturated heterocycles. The van der Waals surface area contributed by atoms with Crippen molar-refractivity contribution in [3.8, 4) is 11.3 Å². The van der Waals surface area contributed by atoms with Crippen molar-refractivity contribution in [3.63, 3.8) is 0 Å². The number of aryl methyl sites for hydroxylation is 2. The van der Waals surface area contributed by atoms with Gasteiger partial charge in [0.25, 0.3) is 0 Å². The second-order valence-corrected chi connectivity index (χ2v) is 9.17. The molecule has 0 radical (unpaired) electrons. The van der Waals surface area contributed by atoms with E-state index in [2.05, 4.69) is 52.1 Å². The Hall–Kier alpha value is -3.41. The van der Waals surface area contributed by atoms with E-state index in [1.807, 2.05) is 43.6 Å². The molecule has 5 rings (SSSR count). The lowest BCUT2D eigenvalue weighted by molar-refractivity contribution is 0.595. The molecule has 0 saturated carbocycles. The van der Waals surface area contributed by atoms with Gasteiger partial charge in [0.2, 0.25) is 0 Å². The maximum atomic E-state index is 15.1. The van der Waals surface area contributed by atoms with Gasteiger partial charge in [-0.05, 0) is 61.2 Å². The number of hydrogen-bond acceptors (Lipinski definition) is 4. The largest absolute Gasteiger partial charge is 0.366 e. The van der Waals surface area contributed by atoms with Gasteiger partial charge in [0.15, 0.2) is 0 Å². The van der Waals surface area contributed by atoms with Crippen molar-refractivity contribution in [2.45, 2.75) is 33.6 Å². The molecule has 3 aromatic heterocycles. The Bertz CT molecular complexity index is 1280. The van der Waals surface area contributed by atoms with Crippen molar-refractivity contribution in [2.24, 2.45) is 0 Å². The van der Waals surface area contributed by atoms with Gasteiger partial charge in [-0.15, -0.1) is 0 Å². The monoisotopic (exact) mass is 443 g/mol. The molecule has 0 bridgehead atoms. The average molecular weight is 444 g/mol. The van der Waals surface area contributed by atoms with Crippen LogP contribution in [0.25, 0.3) is 16.9 Å². The number of fused-ring (bicyclic) bond motifs is 1. The number of pyridine rings is 2. The van der Waals surface area contributed by atoms with Crippen molar-refractivity contribution in [1.29, 1.82) is 0 Å². The maximum absolute atomic E-state index is 15.1. The molecule has 0 spiro atoms. The maximum Gasteiger partial charge on any atom is 0.146 e. The molecule has 1 aromatic carbocycles. The van der Waals surface area contributed by atoms with E-state index in [0.717, 1.165) is 60.2 Å². The fourth-order valence-electron chi connectivity index (χ4n) is 4.63. The summed E-state index contributed by atoms with van der Waals surface area (Å²) in [6.45, 7) is 11.5. The number of rotatable bonds is 4. The molecule has 0 aliphatic carbocycles. The molecule has 4 aromatic rings. The van der Waals surface area contributed by atoms with E-state index >= 15 is 4.39 Å². The van der Waals surface area contributed by atoms with Crippen LogP contribution < -0.4 is 9.80 Å². The summed E-state index contributed by atoms with van der Waals surface area (Å²) in [7, 11) is 0. The molecule has 0 N–H and O–H groups in total. The first-order valence-electron chi connectivity index (χ1n) is 11.6. The quantitative estimate of drug-likeness (QED) is 0.411. The Morgan fingerprint density at radius 3 is 2.36 bits per heavy atom. The van der Waals surface area contributed by atoms with Crippen LogP contribution in [0.2, 0.25) is 0 Å². The molecule has 1 aliphatic rings. The standard InChI is InChI=1S/C27H30FN5/c1-18(2)21-8-9-25(29-17-21)32-13-11-31(12-14-32)24-16-22(19(3)15-23(24)28)27-20(4)33-10-6-5-7-26(33)30-27/h5-10,15-18H,11-14H2,1-4H3. The lowest BCUT2D eigenvalue weighted by atomic mass is 10.0. The van der Waals surface area contributed by atoms with Crippen LogP contribution in [0, 0.1) is 19.7 Å². The predicted octanol–water partition coefficient (Wildman–Crippen LogP) is 5.60. The second kappa shape index (κ2) is 8.50. The van der Waals surface area contributed by atoms with Crippen LogP contribution in [-0.4, -0.2) is 40.5 Å². The Morgan fingerprint density at radius 2 is 1.70 bits per heavy atom. The summed E-state index contributed by atoms with van der Waals surface area (Å²) in [5.74, 6) is 1.29. The smallest absolute Gasteiger partial charge is 0.146 e. The van der Waals surface area contributed by atoms with Crippen molar-refractivity contribution in [3.05, 3.63) is 77.5 Å². The van der Waals surface area contributed by atoms with E-state index < -0.39 is 0 Å². The van der Waals surface area contributed by atoms with Gasteiger partial charge >= 0.3 is 0 Å². The fourth-order valence-corrected chi connectivity index (χ4v) is 4.63. The first-order valence-corrected chi connectivity index (χ1v) is 11.6. The molecule has 170 valence electrons. The molecule has 33 heavy (non-hydrogen) atoms. The Balaban J connectivity index is 1.39. The number of nitrogens with zero attached hydrogens (tertiary/aromatic N) is 5. The van der Waals surface area contributed by atoms with Gasteiger partial charge < -0.3 is 14.2 Å². The van der Waals surface area contributed by atoms with Crippen molar-refractivity contribution in [1.82, 2.24) is 14.4 Å². The lowest BCUT2D eigenvalue weighted by Gasteiger charge is -2.37. The normalized spacial score (nSPS) is 14.5. The highest BCUT2D eigenvalue weighted by molar-refractivity contribution is 5.74. The highest BCUT2D eigenvalue weighted by Gasteiger charge is 2.23. The molecule has 5 nitrogen and oxygen atoms in total. The van der Waals surface area contributed by atoms with E-state index in [9.17, 15) is 0 Å². The third-order valence-electron chi connectivity index (χ3n) is 6.70. The second-order valence-electron chi connectivity index (χ2n) is 9.17. The van der Waals surface area contributed by atoms with Crippen LogP contribution in [0.4, 0.5) is 15.9 Å². The molecule has 0 atom stereocenters. The minimum Gasteiger partial charge on any atom is -0.366 e. The topological polar surface area (TPSA) is 36.7 Å². The van der Waals surface area contributed by atoms with Crippen LogP contribution in [0.1, 0.15) is 36.6 Å². The van der Waals surface area contributed by atoms with E-state index in [-0.39, 0.29) is 5.82 Å². The third kappa shape index (κ3) is 3.94. The first-order chi connectivity index (χ1) is 15.9. The van der Waals surface area contributed by atoms with Gasteiger partial charge in [0, 0.05) is 49.8 Å². The number of hydrogen-bond donors (Lipinski definition) is 0. The van der Waals surface area contributed by atoms with E-state index in [1.165, 1.54) is 5.56 Å². The van der Waals surface area contributed by atoms with Crippen LogP contribution in [0.3, 0.4) is 0 Å². The number of anilines is 2. The molecular formula is C27H30FN5. The molecule has 0 unspecified atom stereocenters. The lowest BCUT2D eigenvalue weighted by Crippen LogP contribution is -2.47. The summed E-state index contributed by atoms with van der Waals surface area (Å²) < 4.78 is 17.2. The van der Waals surface area contributed by atoms with Crippen molar-refractivity contribution >= 4 is 17.2 Å². The fraction of sp³-hybridized carbons (Fsp3) is 0.333. The Morgan fingerprint density at radius 1 is 0.939 bits per heavy atom. The Kier molecular flexibility index (Phi) is 5.52. The van der Waals surface area contributed by atoms with Gasteiger partial charge in [-0.2, -0.15) is 0 Å². The zero-order valence-corrected chi connectivity index (χ0v) is 19.7. The molecular weight excluding hydrogens is 413 g/mol. The zero-order valence-electron chi connectivity index (χ0n) is 19.7. The van der Waals surface area contributed by atoms with Crippen LogP contribution in [0.5, 0.6) is 0 Å². The summed E-state index contributed by atoms with van der Waals surface area (Å²) in [4.78, 5) is 13.9.